The fourth-order valence-corrected chi connectivity index (χ4v) is 1.37. The van der Waals surface area contributed by atoms with Crippen molar-refractivity contribution in [3.63, 3.8) is 0 Å². The van der Waals surface area contributed by atoms with Crippen LogP contribution in [0.15, 0.2) is 10.9 Å². The number of rotatable bonds is 3. The molecule has 0 radical (unpaired) electrons. The minimum Gasteiger partial charge on any atom is -0.468 e. The van der Waals surface area contributed by atoms with Gasteiger partial charge in [-0.15, -0.1) is 36.2 Å². The number of ether oxygens (including phenoxy) is 1. The fourth-order valence-electron chi connectivity index (χ4n) is 0.798. The van der Waals surface area contributed by atoms with E-state index in [2.05, 4.69) is 9.72 Å². The largest absolute Gasteiger partial charge is 0.468 e. The third-order valence-corrected chi connectivity index (χ3v) is 2.05. The van der Waals surface area contributed by atoms with Crippen LogP contribution in [0.3, 0.4) is 0 Å². The quantitative estimate of drug-likeness (QED) is 0.823. The third kappa shape index (κ3) is 4.76. The number of esters is 1. The third-order valence-electron chi connectivity index (χ3n) is 1.42. The molecular formula is C7H12Cl2N2O2S. The second kappa shape index (κ2) is 7.99. The lowest BCUT2D eigenvalue weighted by molar-refractivity contribution is -0.142. The van der Waals surface area contributed by atoms with Crippen LogP contribution >= 0.6 is 36.2 Å². The van der Waals surface area contributed by atoms with Crippen LogP contribution in [0.4, 0.5) is 0 Å². The van der Waals surface area contributed by atoms with E-state index in [1.807, 2.05) is 5.38 Å². The molecular weight excluding hydrogens is 247 g/mol. The molecule has 1 aromatic rings. The summed E-state index contributed by atoms with van der Waals surface area (Å²) in [5.74, 6) is -0.400. The van der Waals surface area contributed by atoms with Crippen molar-refractivity contribution < 1.29 is 9.53 Å². The average molecular weight is 259 g/mol. The molecule has 7 heteroatoms. The number of aromatic nitrogens is 1. The number of methoxy groups -OCH3 is 1. The lowest BCUT2D eigenvalue weighted by Gasteiger charge is -2.05. The van der Waals surface area contributed by atoms with E-state index in [4.69, 9.17) is 5.73 Å². The lowest BCUT2D eigenvalue weighted by Crippen LogP contribution is -2.33. The fraction of sp³-hybridized carbons (Fsp3) is 0.429. The maximum absolute atomic E-state index is 10.9. The second-order valence-electron chi connectivity index (χ2n) is 2.31. The van der Waals surface area contributed by atoms with Gasteiger partial charge in [-0.05, 0) is 0 Å². The molecule has 1 aromatic heterocycles. The van der Waals surface area contributed by atoms with Crippen LogP contribution in [-0.4, -0.2) is 24.1 Å². The predicted molar refractivity (Wildman–Crippen MR) is 60.3 cm³/mol. The summed E-state index contributed by atoms with van der Waals surface area (Å²) in [6.45, 7) is 0. The standard InChI is InChI=1S/C7H10N2O2S.2ClH/c1-11-7(10)6(8)2-5-3-12-4-9-5;;/h3-4,6H,2,8H2,1H3;2*1H. The Balaban J connectivity index is 0. The van der Waals surface area contributed by atoms with Crippen LogP contribution in [0.2, 0.25) is 0 Å². The number of halogens is 2. The van der Waals surface area contributed by atoms with Crippen molar-refractivity contribution in [1.82, 2.24) is 4.98 Å². The van der Waals surface area contributed by atoms with E-state index in [1.54, 1.807) is 5.51 Å². The molecule has 0 aliphatic carbocycles. The van der Waals surface area contributed by atoms with Gasteiger partial charge in [0.05, 0.1) is 18.3 Å². The molecule has 0 saturated carbocycles. The topological polar surface area (TPSA) is 65.2 Å². The average Bonchev–Trinajstić information content (AvgIpc) is 2.55. The van der Waals surface area contributed by atoms with Gasteiger partial charge in [0, 0.05) is 11.8 Å². The molecule has 14 heavy (non-hydrogen) atoms. The molecule has 0 amide bonds. The van der Waals surface area contributed by atoms with Gasteiger partial charge in [0.25, 0.3) is 0 Å². The molecule has 0 aliphatic rings. The first-order valence-electron chi connectivity index (χ1n) is 3.44. The molecule has 1 atom stereocenters. The highest BCUT2D eigenvalue weighted by Gasteiger charge is 2.14. The number of nitrogens with two attached hydrogens (primary N) is 1. The first-order valence-corrected chi connectivity index (χ1v) is 4.39. The molecule has 0 saturated heterocycles. The molecule has 2 N–H and O–H groups in total. The summed E-state index contributed by atoms with van der Waals surface area (Å²) in [4.78, 5) is 14.9. The maximum atomic E-state index is 10.9. The summed E-state index contributed by atoms with van der Waals surface area (Å²) < 4.78 is 4.47. The van der Waals surface area contributed by atoms with Gasteiger partial charge in [0.1, 0.15) is 6.04 Å². The highest BCUT2D eigenvalue weighted by Crippen LogP contribution is 2.03. The molecule has 1 heterocycles. The number of hydrogen-bond acceptors (Lipinski definition) is 5. The molecule has 4 nitrogen and oxygen atoms in total. The minimum atomic E-state index is -0.600. The second-order valence-corrected chi connectivity index (χ2v) is 3.03. The predicted octanol–water partition coefficient (Wildman–Crippen LogP) is 1.03. The number of hydrogen-bond donors (Lipinski definition) is 1. The van der Waals surface area contributed by atoms with E-state index >= 15 is 0 Å². The van der Waals surface area contributed by atoms with Gasteiger partial charge in [-0.2, -0.15) is 0 Å². The van der Waals surface area contributed by atoms with Crippen molar-refractivity contribution >= 4 is 42.1 Å². The smallest absolute Gasteiger partial charge is 0.323 e. The number of carbonyl (C=O) groups is 1. The van der Waals surface area contributed by atoms with Gasteiger partial charge in [-0.1, -0.05) is 0 Å². The summed E-state index contributed by atoms with van der Waals surface area (Å²) in [5, 5.41) is 1.86. The highest BCUT2D eigenvalue weighted by molar-refractivity contribution is 7.07. The van der Waals surface area contributed by atoms with Gasteiger partial charge in [-0.3, -0.25) is 4.79 Å². The maximum Gasteiger partial charge on any atom is 0.323 e. The Morgan fingerprint density at radius 2 is 2.36 bits per heavy atom. The zero-order chi connectivity index (χ0) is 8.97. The molecule has 0 spiro atoms. The van der Waals surface area contributed by atoms with Crippen LogP contribution in [0.5, 0.6) is 0 Å². The molecule has 1 rings (SSSR count). The van der Waals surface area contributed by atoms with Crippen molar-refractivity contribution in [3.05, 3.63) is 16.6 Å². The van der Waals surface area contributed by atoms with Crippen LogP contribution < -0.4 is 5.73 Å². The van der Waals surface area contributed by atoms with E-state index in [0.29, 0.717) is 6.42 Å². The van der Waals surface area contributed by atoms with Gasteiger partial charge < -0.3 is 10.5 Å². The Kier molecular flexibility index (Phi) is 9.18. The first kappa shape index (κ1) is 16.1. The Labute approximate surface area is 98.7 Å². The summed E-state index contributed by atoms with van der Waals surface area (Å²) >= 11 is 1.48. The van der Waals surface area contributed by atoms with Crippen LogP contribution in [-0.2, 0) is 16.0 Å². The van der Waals surface area contributed by atoms with E-state index in [-0.39, 0.29) is 24.8 Å². The molecule has 82 valence electrons. The number of thiazole rings is 1. The summed E-state index contributed by atoms with van der Waals surface area (Å²) in [5.41, 5.74) is 8.05. The van der Waals surface area contributed by atoms with Crippen molar-refractivity contribution in [3.8, 4) is 0 Å². The Morgan fingerprint density at radius 1 is 1.71 bits per heavy atom. The van der Waals surface area contributed by atoms with E-state index in [0.717, 1.165) is 5.69 Å². The molecule has 0 bridgehead atoms. The van der Waals surface area contributed by atoms with Gasteiger partial charge in [0.2, 0.25) is 0 Å². The zero-order valence-electron chi connectivity index (χ0n) is 7.50. The monoisotopic (exact) mass is 258 g/mol. The zero-order valence-corrected chi connectivity index (χ0v) is 9.95. The van der Waals surface area contributed by atoms with E-state index < -0.39 is 12.0 Å². The highest BCUT2D eigenvalue weighted by atomic mass is 35.5. The van der Waals surface area contributed by atoms with Crippen molar-refractivity contribution in [2.24, 2.45) is 5.73 Å². The minimum absolute atomic E-state index is 0. The summed E-state index contributed by atoms with van der Waals surface area (Å²) in [6.07, 6.45) is 0.441. The van der Waals surface area contributed by atoms with Crippen LogP contribution in [0.1, 0.15) is 5.69 Å². The van der Waals surface area contributed by atoms with Crippen LogP contribution in [0, 0.1) is 0 Å². The Morgan fingerprint density at radius 3 is 2.79 bits per heavy atom. The number of carbonyl (C=O) groups excluding carboxylic acids is 1. The summed E-state index contributed by atoms with van der Waals surface area (Å²) in [6, 6.07) is -0.600. The Hall–Kier alpha value is -0.360. The summed E-state index contributed by atoms with van der Waals surface area (Å²) in [7, 11) is 1.32. The van der Waals surface area contributed by atoms with Gasteiger partial charge in [0.15, 0.2) is 0 Å². The molecule has 0 fully saturated rings. The first-order chi connectivity index (χ1) is 5.74. The van der Waals surface area contributed by atoms with E-state index in [1.165, 1.54) is 18.4 Å². The van der Waals surface area contributed by atoms with Gasteiger partial charge in [-0.25, -0.2) is 4.98 Å². The molecule has 0 aliphatic heterocycles. The Bertz CT molecular complexity index is 256. The van der Waals surface area contributed by atoms with E-state index in [9.17, 15) is 4.79 Å². The van der Waals surface area contributed by atoms with Crippen molar-refractivity contribution in [2.75, 3.05) is 7.11 Å². The molecule has 0 aromatic carbocycles. The molecule has 1 unspecified atom stereocenters. The SMILES string of the molecule is COC(=O)C(N)Cc1cscn1.Cl.Cl. The van der Waals surface area contributed by atoms with Crippen molar-refractivity contribution in [1.29, 1.82) is 0 Å². The van der Waals surface area contributed by atoms with Crippen molar-refractivity contribution in [2.45, 2.75) is 12.5 Å². The normalized spacial score (nSPS) is 10.7. The number of nitrogens with zero attached hydrogens (tertiary/aromatic N) is 1. The van der Waals surface area contributed by atoms with Crippen LogP contribution in [0.25, 0.3) is 0 Å². The van der Waals surface area contributed by atoms with Gasteiger partial charge >= 0.3 is 5.97 Å². The lowest BCUT2D eigenvalue weighted by atomic mass is 10.2.